The van der Waals surface area contributed by atoms with E-state index in [9.17, 15) is 14.5 Å². The number of halogens is 2. The standard InChI is InChI=1S/C11H7ClFN3O3/c12-11-4-1-7(14-15-11)6-19-8-2-3-10(16(17)18)9(13)5-8/h1-5H,6H2. The SMILES string of the molecule is O=[N+]([O-])c1ccc(OCc2ccc(Cl)nn2)cc1F. The Kier molecular flexibility index (Phi) is 3.86. The van der Waals surface area contributed by atoms with E-state index in [4.69, 9.17) is 16.3 Å². The topological polar surface area (TPSA) is 78.2 Å². The van der Waals surface area contributed by atoms with Crippen molar-refractivity contribution >= 4 is 17.3 Å². The third kappa shape index (κ3) is 3.35. The smallest absolute Gasteiger partial charge is 0.305 e. The Morgan fingerprint density at radius 2 is 2.11 bits per heavy atom. The molecule has 0 saturated heterocycles. The van der Waals surface area contributed by atoms with Crippen LogP contribution in [0.25, 0.3) is 0 Å². The molecule has 0 atom stereocenters. The van der Waals surface area contributed by atoms with Gasteiger partial charge in [0.1, 0.15) is 18.1 Å². The summed E-state index contributed by atoms with van der Waals surface area (Å²) in [6, 6.07) is 6.45. The zero-order valence-corrected chi connectivity index (χ0v) is 10.2. The van der Waals surface area contributed by atoms with Gasteiger partial charge < -0.3 is 4.74 Å². The highest BCUT2D eigenvalue weighted by atomic mass is 35.5. The zero-order chi connectivity index (χ0) is 13.8. The van der Waals surface area contributed by atoms with Crippen LogP contribution < -0.4 is 4.74 Å². The van der Waals surface area contributed by atoms with E-state index in [0.29, 0.717) is 5.69 Å². The molecule has 0 fully saturated rings. The molecule has 0 radical (unpaired) electrons. The highest BCUT2D eigenvalue weighted by molar-refractivity contribution is 6.29. The second-order valence-electron chi connectivity index (χ2n) is 3.51. The first-order valence-corrected chi connectivity index (χ1v) is 5.49. The van der Waals surface area contributed by atoms with Gasteiger partial charge in [-0.25, -0.2) is 0 Å². The number of hydrogen-bond acceptors (Lipinski definition) is 5. The molecule has 0 saturated carbocycles. The van der Waals surface area contributed by atoms with Crippen molar-refractivity contribution in [2.75, 3.05) is 0 Å². The van der Waals surface area contributed by atoms with E-state index in [1.54, 1.807) is 12.1 Å². The number of rotatable bonds is 4. The molecule has 0 spiro atoms. The number of ether oxygens (including phenoxy) is 1. The molecular weight excluding hydrogens is 277 g/mol. The maximum atomic E-state index is 13.3. The third-order valence-electron chi connectivity index (χ3n) is 2.19. The summed E-state index contributed by atoms with van der Waals surface area (Å²) < 4.78 is 18.6. The van der Waals surface area contributed by atoms with Crippen LogP contribution in [0, 0.1) is 15.9 Å². The van der Waals surface area contributed by atoms with Gasteiger partial charge in [0.05, 0.1) is 4.92 Å². The Balaban J connectivity index is 2.06. The van der Waals surface area contributed by atoms with Crippen LogP contribution in [-0.4, -0.2) is 15.1 Å². The molecule has 0 unspecified atom stereocenters. The summed E-state index contributed by atoms with van der Waals surface area (Å²) in [5, 5.41) is 18.1. The van der Waals surface area contributed by atoms with E-state index in [-0.39, 0.29) is 17.5 Å². The summed E-state index contributed by atoms with van der Waals surface area (Å²) in [4.78, 5) is 9.64. The summed E-state index contributed by atoms with van der Waals surface area (Å²) in [6.45, 7) is 0.0570. The number of benzene rings is 1. The number of nitro benzene ring substituents is 1. The van der Waals surface area contributed by atoms with Gasteiger partial charge in [0.25, 0.3) is 0 Å². The molecule has 98 valence electrons. The predicted octanol–water partition coefficient (Wildman–Crippen LogP) is 2.76. The minimum Gasteiger partial charge on any atom is -0.487 e. The van der Waals surface area contributed by atoms with Crippen LogP contribution in [-0.2, 0) is 6.61 Å². The van der Waals surface area contributed by atoms with Gasteiger partial charge in [-0.15, -0.1) is 5.10 Å². The second-order valence-corrected chi connectivity index (χ2v) is 3.89. The molecule has 6 nitrogen and oxygen atoms in total. The monoisotopic (exact) mass is 283 g/mol. The quantitative estimate of drug-likeness (QED) is 0.637. The Hall–Kier alpha value is -2.28. The van der Waals surface area contributed by atoms with Crippen molar-refractivity contribution in [3.63, 3.8) is 0 Å². The number of nitro groups is 1. The van der Waals surface area contributed by atoms with Crippen molar-refractivity contribution < 1.29 is 14.1 Å². The molecule has 0 aliphatic heterocycles. The van der Waals surface area contributed by atoms with E-state index >= 15 is 0 Å². The van der Waals surface area contributed by atoms with Gasteiger partial charge in [0.15, 0.2) is 5.15 Å². The lowest BCUT2D eigenvalue weighted by Crippen LogP contribution is -2.00. The maximum absolute atomic E-state index is 13.3. The van der Waals surface area contributed by atoms with Gasteiger partial charge in [0, 0.05) is 12.1 Å². The van der Waals surface area contributed by atoms with Crippen LogP contribution >= 0.6 is 11.6 Å². The average Bonchev–Trinajstić information content (AvgIpc) is 2.37. The minimum atomic E-state index is -0.954. The first kappa shape index (κ1) is 13.2. The summed E-state index contributed by atoms with van der Waals surface area (Å²) in [7, 11) is 0. The van der Waals surface area contributed by atoms with E-state index in [1.165, 1.54) is 6.07 Å². The molecular formula is C11H7ClFN3O3. The molecule has 1 aromatic carbocycles. The molecule has 2 rings (SSSR count). The van der Waals surface area contributed by atoms with Crippen LogP contribution in [0.3, 0.4) is 0 Å². The van der Waals surface area contributed by atoms with Crippen molar-refractivity contribution in [1.29, 1.82) is 0 Å². The van der Waals surface area contributed by atoms with Crippen LogP contribution in [0.1, 0.15) is 5.69 Å². The van der Waals surface area contributed by atoms with Crippen molar-refractivity contribution in [3.05, 3.63) is 57.1 Å². The molecule has 0 aliphatic rings. The molecule has 1 aromatic heterocycles. The first-order chi connectivity index (χ1) is 9.06. The summed E-state index contributed by atoms with van der Waals surface area (Å²) >= 11 is 5.57. The number of nitrogens with zero attached hydrogens (tertiary/aromatic N) is 3. The Labute approximate surface area is 111 Å². The number of aromatic nitrogens is 2. The van der Waals surface area contributed by atoms with Gasteiger partial charge >= 0.3 is 5.69 Å². The summed E-state index contributed by atoms with van der Waals surface area (Å²) in [5.41, 5.74) is -0.0956. The molecule has 19 heavy (non-hydrogen) atoms. The van der Waals surface area contributed by atoms with Crippen LogP contribution in [0.15, 0.2) is 30.3 Å². The maximum Gasteiger partial charge on any atom is 0.305 e. The molecule has 2 aromatic rings. The highest BCUT2D eigenvalue weighted by Gasteiger charge is 2.14. The number of hydrogen-bond donors (Lipinski definition) is 0. The van der Waals surface area contributed by atoms with Crippen molar-refractivity contribution in [2.24, 2.45) is 0 Å². The van der Waals surface area contributed by atoms with Gasteiger partial charge in [-0.3, -0.25) is 10.1 Å². The van der Waals surface area contributed by atoms with E-state index in [2.05, 4.69) is 10.2 Å². The third-order valence-corrected chi connectivity index (χ3v) is 2.39. The second kappa shape index (κ2) is 5.57. The largest absolute Gasteiger partial charge is 0.487 e. The minimum absolute atomic E-state index is 0.0570. The molecule has 0 bridgehead atoms. The van der Waals surface area contributed by atoms with Gasteiger partial charge in [-0.1, -0.05) is 11.6 Å². The van der Waals surface area contributed by atoms with E-state index in [1.807, 2.05) is 0 Å². The van der Waals surface area contributed by atoms with E-state index < -0.39 is 16.4 Å². The van der Waals surface area contributed by atoms with Crippen molar-refractivity contribution in [1.82, 2.24) is 10.2 Å². The van der Waals surface area contributed by atoms with Crippen LogP contribution in [0.2, 0.25) is 5.15 Å². The normalized spacial score (nSPS) is 10.2. The lowest BCUT2D eigenvalue weighted by Gasteiger charge is -2.05. The first-order valence-electron chi connectivity index (χ1n) is 5.11. The lowest BCUT2D eigenvalue weighted by atomic mass is 10.3. The lowest BCUT2D eigenvalue weighted by molar-refractivity contribution is -0.387. The summed E-state index contributed by atoms with van der Waals surface area (Å²) in [6.07, 6.45) is 0. The Morgan fingerprint density at radius 1 is 1.32 bits per heavy atom. The Bertz CT molecular complexity index is 607. The van der Waals surface area contributed by atoms with Crippen molar-refractivity contribution in [3.8, 4) is 5.75 Å². The zero-order valence-electron chi connectivity index (χ0n) is 9.42. The van der Waals surface area contributed by atoms with Gasteiger partial charge in [-0.05, 0) is 18.2 Å². The van der Waals surface area contributed by atoms with E-state index in [0.717, 1.165) is 12.1 Å². The molecule has 1 heterocycles. The predicted molar refractivity (Wildman–Crippen MR) is 64.4 cm³/mol. The molecule has 0 amide bonds. The fourth-order valence-electron chi connectivity index (χ4n) is 1.30. The average molecular weight is 284 g/mol. The van der Waals surface area contributed by atoms with Gasteiger partial charge in [-0.2, -0.15) is 9.49 Å². The van der Waals surface area contributed by atoms with Gasteiger partial charge in [0.2, 0.25) is 5.82 Å². The fraction of sp³-hybridized carbons (Fsp3) is 0.0909. The van der Waals surface area contributed by atoms with Crippen LogP contribution in [0.5, 0.6) is 5.75 Å². The highest BCUT2D eigenvalue weighted by Crippen LogP contribution is 2.22. The molecule has 0 aliphatic carbocycles. The fourth-order valence-corrected chi connectivity index (χ4v) is 1.40. The Morgan fingerprint density at radius 3 is 2.68 bits per heavy atom. The summed E-state index contributed by atoms with van der Waals surface area (Å²) in [5.74, 6) is -0.787. The molecule has 8 heteroatoms. The van der Waals surface area contributed by atoms with Crippen molar-refractivity contribution in [2.45, 2.75) is 6.61 Å². The molecule has 0 N–H and O–H groups in total. The van der Waals surface area contributed by atoms with Crippen LogP contribution in [0.4, 0.5) is 10.1 Å².